The summed E-state index contributed by atoms with van der Waals surface area (Å²) in [6, 6.07) is 0. The van der Waals surface area contributed by atoms with E-state index in [0.29, 0.717) is 0 Å². The van der Waals surface area contributed by atoms with E-state index in [1.54, 1.807) is 0 Å². The lowest BCUT2D eigenvalue weighted by atomic mass is 10.1. The molecule has 0 aromatic heterocycles. The van der Waals surface area contributed by atoms with Crippen molar-refractivity contribution in [1.29, 1.82) is 0 Å². The van der Waals surface area contributed by atoms with Gasteiger partial charge < -0.3 is 9.47 Å². The van der Waals surface area contributed by atoms with Gasteiger partial charge in [-0.15, -0.1) is 0 Å². The van der Waals surface area contributed by atoms with Gasteiger partial charge in [0.2, 0.25) is 0 Å². The first-order valence-corrected chi connectivity index (χ1v) is 9.76. The smallest absolute Gasteiger partial charge is 0.157 e. The molecule has 1 aliphatic heterocycles. The van der Waals surface area contributed by atoms with Gasteiger partial charge in [0.05, 0.1) is 13.2 Å². The monoisotopic (exact) mass is 332 g/mol. The molecule has 0 aromatic carbocycles. The van der Waals surface area contributed by atoms with Crippen LogP contribution in [-0.2, 0) is 9.47 Å². The molecule has 0 aromatic rings. The summed E-state index contributed by atoms with van der Waals surface area (Å²) in [5.74, 6) is 0. The summed E-state index contributed by atoms with van der Waals surface area (Å²) < 4.78 is 10.8. The van der Waals surface area contributed by atoms with E-state index in [-0.39, 0.29) is 6.29 Å². The van der Waals surface area contributed by atoms with E-state index in [2.05, 4.69) is 55.5 Å². The highest BCUT2D eigenvalue weighted by molar-refractivity contribution is 4.97. The summed E-state index contributed by atoms with van der Waals surface area (Å²) >= 11 is 0. The van der Waals surface area contributed by atoms with Crippen LogP contribution in [0.15, 0.2) is 48.6 Å². The molecule has 0 radical (unpaired) electrons. The van der Waals surface area contributed by atoms with Gasteiger partial charge in [-0.1, -0.05) is 55.5 Å². The Morgan fingerprint density at radius 1 is 0.667 bits per heavy atom. The topological polar surface area (TPSA) is 18.5 Å². The summed E-state index contributed by atoms with van der Waals surface area (Å²) in [5, 5.41) is 0. The molecule has 0 saturated carbocycles. The molecule has 2 heteroatoms. The maximum absolute atomic E-state index is 5.42. The van der Waals surface area contributed by atoms with Crippen LogP contribution in [0.4, 0.5) is 0 Å². The van der Waals surface area contributed by atoms with E-state index in [4.69, 9.17) is 9.47 Å². The van der Waals surface area contributed by atoms with Crippen LogP contribution in [0.2, 0.25) is 0 Å². The van der Waals surface area contributed by atoms with Gasteiger partial charge in [-0.25, -0.2) is 0 Å². The predicted molar refractivity (Wildman–Crippen MR) is 104 cm³/mol. The van der Waals surface area contributed by atoms with E-state index in [1.807, 2.05) is 0 Å². The van der Waals surface area contributed by atoms with Crippen molar-refractivity contribution in [3.05, 3.63) is 48.6 Å². The third kappa shape index (κ3) is 13.3. The van der Waals surface area contributed by atoms with Crippen molar-refractivity contribution < 1.29 is 9.47 Å². The van der Waals surface area contributed by atoms with Gasteiger partial charge in [0.25, 0.3) is 0 Å². The second kappa shape index (κ2) is 16.7. The molecule has 24 heavy (non-hydrogen) atoms. The molecule has 0 spiro atoms. The van der Waals surface area contributed by atoms with E-state index in [0.717, 1.165) is 51.7 Å². The molecule has 1 rings (SSSR count). The second-order valence-electron chi connectivity index (χ2n) is 6.15. The first-order valence-electron chi connectivity index (χ1n) is 9.76. The Morgan fingerprint density at radius 3 is 1.79 bits per heavy atom. The van der Waals surface area contributed by atoms with Crippen molar-refractivity contribution in [1.82, 2.24) is 0 Å². The Bertz CT molecular complexity index is 373. The van der Waals surface area contributed by atoms with E-state index >= 15 is 0 Å². The van der Waals surface area contributed by atoms with Gasteiger partial charge in [-0.3, -0.25) is 0 Å². The average Bonchev–Trinajstić information content (AvgIpc) is 3.11. The van der Waals surface area contributed by atoms with Gasteiger partial charge in [0, 0.05) is 0 Å². The maximum Gasteiger partial charge on any atom is 0.157 e. The van der Waals surface area contributed by atoms with Gasteiger partial charge in [-0.05, 0) is 64.2 Å². The number of ether oxygens (including phenoxy) is 2. The van der Waals surface area contributed by atoms with Crippen molar-refractivity contribution in [3.63, 3.8) is 0 Å². The standard InChI is InChI=1S/C22H36O2/c1-2-3-4-5-6-7-8-9-10-11-12-13-14-15-16-17-18-19-22-23-20-21-24-22/h3-4,6-7,9-10,15-16,22H,2,5,8,11-14,17-21H2,1H3/b4-3-,7-6-,10-9-,16-15-. The number of hydrogen-bond donors (Lipinski definition) is 0. The van der Waals surface area contributed by atoms with Crippen LogP contribution < -0.4 is 0 Å². The van der Waals surface area contributed by atoms with Gasteiger partial charge in [0.15, 0.2) is 6.29 Å². The second-order valence-corrected chi connectivity index (χ2v) is 6.15. The Kier molecular flexibility index (Phi) is 14.6. The highest BCUT2D eigenvalue weighted by Gasteiger charge is 2.14. The SMILES string of the molecule is CC/C=C\C/C=C\C/C=C\CCCC/C=C\CCCC1OCCO1. The molecular weight excluding hydrogens is 296 g/mol. The third-order valence-electron chi connectivity index (χ3n) is 3.94. The van der Waals surface area contributed by atoms with Crippen molar-refractivity contribution >= 4 is 0 Å². The van der Waals surface area contributed by atoms with Crippen LogP contribution in [0.25, 0.3) is 0 Å². The molecule has 0 aliphatic carbocycles. The lowest BCUT2D eigenvalue weighted by Crippen LogP contribution is -2.06. The predicted octanol–water partition coefficient (Wildman–Crippen LogP) is 6.51. The van der Waals surface area contributed by atoms with Crippen LogP contribution in [0, 0.1) is 0 Å². The van der Waals surface area contributed by atoms with Crippen molar-refractivity contribution in [2.24, 2.45) is 0 Å². The van der Waals surface area contributed by atoms with Gasteiger partial charge in [-0.2, -0.15) is 0 Å². The number of unbranched alkanes of at least 4 members (excludes halogenated alkanes) is 4. The fourth-order valence-corrected chi connectivity index (χ4v) is 2.56. The zero-order chi connectivity index (χ0) is 17.1. The molecule has 0 N–H and O–H groups in total. The van der Waals surface area contributed by atoms with Crippen molar-refractivity contribution in [3.8, 4) is 0 Å². The normalized spacial score (nSPS) is 16.7. The van der Waals surface area contributed by atoms with Crippen LogP contribution in [-0.4, -0.2) is 19.5 Å². The molecule has 1 fully saturated rings. The molecule has 2 nitrogen and oxygen atoms in total. The van der Waals surface area contributed by atoms with Crippen molar-refractivity contribution in [2.75, 3.05) is 13.2 Å². The zero-order valence-electron chi connectivity index (χ0n) is 15.5. The Morgan fingerprint density at radius 2 is 1.17 bits per heavy atom. The lowest BCUT2D eigenvalue weighted by Gasteiger charge is -2.06. The number of rotatable bonds is 14. The largest absolute Gasteiger partial charge is 0.350 e. The van der Waals surface area contributed by atoms with Crippen LogP contribution in [0.3, 0.4) is 0 Å². The maximum atomic E-state index is 5.42. The summed E-state index contributed by atoms with van der Waals surface area (Å²) in [4.78, 5) is 0. The number of allylic oxidation sites excluding steroid dienone is 8. The number of hydrogen-bond acceptors (Lipinski definition) is 2. The minimum Gasteiger partial charge on any atom is -0.350 e. The fourth-order valence-electron chi connectivity index (χ4n) is 2.56. The minimum atomic E-state index is 0.0628. The highest BCUT2D eigenvalue weighted by Crippen LogP contribution is 2.12. The van der Waals surface area contributed by atoms with Crippen LogP contribution in [0.1, 0.15) is 71.1 Å². The first-order chi connectivity index (χ1) is 11.9. The summed E-state index contributed by atoms with van der Waals surface area (Å²) in [5.41, 5.74) is 0. The summed E-state index contributed by atoms with van der Waals surface area (Å²) in [6.45, 7) is 3.70. The molecule has 0 amide bonds. The van der Waals surface area contributed by atoms with Gasteiger partial charge >= 0.3 is 0 Å². The van der Waals surface area contributed by atoms with Gasteiger partial charge in [0.1, 0.15) is 0 Å². The Labute approximate surface area is 149 Å². The average molecular weight is 333 g/mol. The molecule has 1 aliphatic rings. The van der Waals surface area contributed by atoms with E-state index in [9.17, 15) is 0 Å². The van der Waals surface area contributed by atoms with Crippen LogP contribution in [0.5, 0.6) is 0 Å². The summed E-state index contributed by atoms with van der Waals surface area (Å²) in [6.07, 6.45) is 29.8. The highest BCUT2D eigenvalue weighted by atomic mass is 16.7. The molecule has 1 saturated heterocycles. The van der Waals surface area contributed by atoms with E-state index < -0.39 is 0 Å². The zero-order valence-corrected chi connectivity index (χ0v) is 15.5. The Balaban J connectivity index is 1.81. The first kappa shape index (κ1) is 20.9. The van der Waals surface area contributed by atoms with Crippen LogP contribution >= 0.6 is 0 Å². The molecule has 1 heterocycles. The fraction of sp³-hybridized carbons (Fsp3) is 0.636. The Hall–Kier alpha value is -1.12. The lowest BCUT2D eigenvalue weighted by molar-refractivity contribution is -0.0474. The summed E-state index contributed by atoms with van der Waals surface area (Å²) in [7, 11) is 0. The molecule has 0 bridgehead atoms. The van der Waals surface area contributed by atoms with E-state index in [1.165, 1.54) is 25.7 Å². The quantitative estimate of drug-likeness (QED) is 0.267. The third-order valence-corrected chi connectivity index (χ3v) is 3.94. The molecule has 0 unspecified atom stereocenters. The molecular formula is C22H36O2. The minimum absolute atomic E-state index is 0.0628. The molecule has 136 valence electrons. The molecule has 0 atom stereocenters. The van der Waals surface area contributed by atoms with Crippen molar-refractivity contribution in [2.45, 2.75) is 77.4 Å².